The molecule has 19 heavy (non-hydrogen) atoms. The van der Waals surface area contributed by atoms with E-state index in [-0.39, 0.29) is 5.69 Å². The predicted octanol–water partition coefficient (Wildman–Crippen LogP) is 3.59. The number of para-hydroxylation sites is 1. The van der Waals surface area contributed by atoms with E-state index in [2.05, 4.69) is 10.3 Å². The molecule has 0 fully saturated rings. The normalized spacial score (nSPS) is 10.2. The van der Waals surface area contributed by atoms with E-state index in [0.29, 0.717) is 5.69 Å². The van der Waals surface area contributed by atoms with Crippen LogP contribution in [0.5, 0.6) is 0 Å². The van der Waals surface area contributed by atoms with E-state index < -0.39 is 11.9 Å². The van der Waals surface area contributed by atoms with E-state index in [1.165, 1.54) is 18.2 Å². The van der Waals surface area contributed by atoms with E-state index in [4.69, 9.17) is 0 Å². The van der Waals surface area contributed by atoms with Crippen LogP contribution in [0.2, 0.25) is 0 Å². The standard InChI is InChI=1S/C14H13FN2OS/c1-2-19-12-8-4-3-6-10(12)17-14(18)11-7-5-9-13(15)16-11/h3-9H,2H2,1H3,(H,17,18). The van der Waals surface area contributed by atoms with Crippen LogP contribution >= 0.6 is 11.8 Å². The first kappa shape index (κ1) is 13.5. The van der Waals surface area contributed by atoms with Gasteiger partial charge in [0.25, 0.3) is 5.91 Å². The number of amides is 1. The summed E-state index contributed by atoms with van der Waals surface area (Å²) in [5.74, 6) is -0.169. The Balaban J connectivity index is 2.19. The smallest absolute Gasteiger partial charge is 0.274 e. The molecule has 2 aromatic rings. The average molecular weight is 276 g/mol. The second-order valence-corrected chi connectivity index (χ2v) is 5.03. The fourth-order valence-corrected chi connectivity index (χ4v) is 2.33. The molecule has 1 N–H and O–H groups in total. The zero-order valence-corrected chi connectivity index (χ0v) is 11.2. The highest BCUT2D eigenvalue weighted by molar-refractivity contribution is 7.99. The number of halogens is 1. The number of aromatic nitrogens is 1. The molecule has 98 valence electrons. The Morgan fingerprint density at radius 2 is 2.05 bits per heavy atom. The monoisotopic (exact) mass is 276 g/mol. The summed E-state index contributed by atoms with van der Waals surface area (Å²) in [4.78, 5) is 16.5. The largest absolute Gasteiger partial charge is 0.320 e. The van der Waals surface area contributed by atoms with Crippen LogP contribution in [-0.4, -0.2) is 16.6 Å². The molecular weight excluding hydrogens is 263 g/mol. The van der Waals surface area contributed by atoms with Gasteiger partial charge in [0.15, 0.2) is 0 Å². The van der Waals surface area contributed by atoms with Crippen LogP contribution in [0.25, 0.3) is 0 Å². The maximum absolute atomic E-state index is 13.0. The summed E-state index contributed by atoms with van der Waals surface area (Å²) < 4.78 is 13.0. The minimum atomic E-state index is -0.663. The maximum atomic E-state index is 13.0. The van der Waals surface area contributed by atoms with Crippen LogP contribution in [0.3, 0.4) is 0 Å². The Bertz CT molecular complexity index is 589. The van der Waals surface area contributed by atoms with Crippen molar-refractivity contribution in [3.8, 4) is 0 Å². The van der Waals surface area contributed by atoms with E-state index in [1.54, 1.807) is 11.8 Å². The molecular formula is C14H13FN2OS. The Morgan fingerprint density at radius 3 is 2.79 bits per heavy atom. The highest BCUT2D eigenvalue weighted by Gasteiger charge is 2.10. The predicted molar refractivity (Wildman–Crippen MR) is 75.0 cm³/mol. The van der Waals surface area contributed by atoms with E-state index in [0.717, 1.165) is 10.6 Å². The molecule has 1 aromatic heterocycles. The highest BCUT2D eigenvalue weighted by Crippen LogP contribution is 2.26. The van der Waals surface area contributed by atoms with E-state index in [1.807, 2.05) is 31.2 Å². The number of benzene rings is 1. The second-order valence-electron chi connectivity index (χ2n) is 3.73. The highest BCUT2D eigenvalue weighted by atomic mass is 32.2. The molecule has 3 nitrogen and oxygen atoms in total. The van der Waals surface area contributed by atoms with Gasteiger partial charge in [-0.25, -0.2) is 4.98 Å². The lowest BCUT2D eigenvalue weighted by molar-refractivity contribution is 0.102. The summed E-state index contributed by atoms with van der Waals surface area (Å²) in [7, 11) is 0. The molecule has 1 amide bonds. The molecule has 5 heteroatoms. The van der Waals surface area contributed by atoms with Crippen LogP contribution in [0.1, 0.15) is 17.4 Å². The summed E-state index contributed by atoms with van der Waals surface area (Å²) in [6, 6.07) is 11.6. The SMILES string of the molecule is CCSc1ccccc1NC(=O)c1cccc(F)n1. The van der Waals surface area contributed by atoms with Crippen LogP contribution in [0.15, 0.2) is 47.4 Å². The van der Waals surface area contributed by atoms with Crippen molar-refractivity contribution in [1.29, 1.82) is 0 Å². The van der Waals surface area contributed by atoms with Crippen LogP contribution < -0.4 is 5.32 Å². The van der Waals surface area contributed by atoms with Gasteiger partial charge in [0.05, 0.1) is 5.69 Å². The number of pyridine rings is 1. The molecule has 0 atom stereocenters. The molecule has 0 saturated carbocycles. The fourth-order valence-electron chi connectivity index (χ4n) is 1.57. The summed E-state index contributed by atoms with van der Waals surface area (Å²) >= 11 is 1.63. The summed E-state index contributed by atoms with van der Waals surface area (Å²) in [6.45, 7) is 2.04. The van der Waals surface area contributed by atoms with Crippen molar-refractivity contribution in [3.63, 3.8) is 0 Å². The van der Waals surface area contributed by atoms with E-state index in [9.17, 15) is 9.18 Å². The van der Waals surface area contributed by atoms with Gasteiger partial charge in [-0.05, 0) is 30.0 Å². The third kappa shape index (κ3) is 3.54. The number of carbonyl (C=O) groups excluding carboxylic acids is 1. The Morgan fingerprint density at radius 1 is 1.26 bits per heavy atom. The van der Waals surface area contributed by atoms with Gasteiger partial charge in [-0.15, -0.1) is 11.8 Å². The minimum Gasteiger partial charge on any atom is -0.320 e. The van der Waals surface area contributed by atoms with Crippen molar-refractivity contribution in [2.75, 3.05) is 11.1 Å². The molecule has 0 aliphatic rings. The number of hydrogen-bond acceptors (Lipinski definition) is 3. The van der Waals surface area contributed by atoms with Gasteiger partial charge in [0.2, 0.25) is 5.95 Å². The van der Waals surface area contributed by atoms with Crippen molar-refractivity contribution in [2.45, 2.75) is 11.8 Å². The van der Waals surface area contributed by atoms with Crippen LogP contribution in [0, 0.1) is 5.95 Å². The molecule has 1 heterocycles. The first-order valence-electron chi connectivity index (χ1n) is 5.86. The van der Waals surface area contributed by atoms with Gasteiger partial charge < -0.3 is 5.32 Å². The number of rotatable bonds is 4. The summed E-state index contributed by atoms with van der Waals surface area (Å²) in [5.41, 5.74) is 0.779. The quantitative estimate of drug-likeness (QED) is 0.685. The molecule has 0 saturated heterocycles. The van der Waals surface area contributed by atoms with Gasteiger partial charge in [-0.1, -0.05) is 25.1 Å². The zero-order chi connectivity index (χ0) is 13.7. The molecule has 1 aromatic carbocycles. The molecule has 0 radical (unpaired) electrons. The van der Waals surface area contributed by atoms with Crippen molar-refractivity contribution >= 4 is 23.4 Å². The van der Waals surface area contributed by atoms with Gasteiger partial charge in [-0.2, -0.15) is 4.39 Å². The number of carbonyl (C=O) groups is 1. The topological polar surface area (TPSA) is 42.0 Å². The van der Waals surface area contributed by atoms with Crippen molar-refractivity contribution in [3.05, 3.63) is 54.1 Å². The van der Waals surface area contributed by atoms with Crippen LogP contribution in [0.4, 0.5) is 10.1 Å². The summed E-state index contributed by atoms with van der Waals surface area (Å²) in [5, 5.41) is 2.75. The molecule has 2 rings (SSSR count). The lowest BCUT2D eigenvalue weighted by Crippen LogP contribution is -2.14. The second kappa shape index (κ2) is 6.33. The Hall–Kier alpha value is -1.88. The van der Waals surface area contributed by atoms with Crippen LogP contribution in [-0.2, 0) is 0 Å². The number of anilines is 1. The van der Waals surface area contributed by atoms with Gasteiger partial charge in [0, 0.05) is 4.90 Å². The third-order valence-electron chi connectivity index (χ3n) is 2.38. The molecule has 0 aliphatic carbocycles. The fraction of sp³-hybridized carbons (Fsp3) is 0.143. The minimum absolute atomic E-state index is 0.0660. The third-order valence-corrected chi connectivity index (χ3v) is 3.34. The molecule has 0 unspecified atom stereocenters. The van der Waals surface area contributed by atoms with Crippen molar-refractivity contribution < 1.29 is 9.18 Å². The van der Waals surface area contributed by atoms with Crippen molar-refractivity contribution in [1.82, 2.24) is 4.98 Å². The molecule has 0 aliphatic heterocycles. The Kier molecular flexibility index (Phi) is 4.52. The average Bonchev–Trinajstić information content (AvgIpc) is 2.41. The summed E-state index contributed by atoms with van der Waals surface area (Å²) in [6.07, 6.45) is 0. The molecule has 0 spiro atoms. The zero-order valence-electron chi connectivity index (χ0n) is 10.4. The lowest BCUT2D eigenvalue weighted by atomic mass is 10.3. The number of hydrogen-bond donors (Lipinski definition) is 1. The number of nitrogens with one attached hydrogen (secondary N) is 1. The van der Waals surface area contributed by atoms with E-state index >= 15 is 0 Å². The first-order chi connectivity index (χ1) is 9.20. The molecule has 0 bridgehead atoms. The maximum Gasteiger partial charge on any atom is 0.274 e. The van der Waals surface area contributed by atoms with Crippen molar-refractivity contribution in [2.24, 2.45) is 0 Å². The van der Waals surface area contributed by atoms with Gasteiger partial charge in [0.1, 0.15) is 5.69 Å². The first-order valence-corrected chi connectivity index (χ1v) is 6.85. The Labute approximate surface area is 115 Å². The van der Waals surface area contributed by atoms with Gasteiger partial charge in [-0.3, -0.25) is 4.79 Å². The lowest BCUT2D eigenvalue weighted by Gasteiger charge is -2.09. The van der Waals surface area contributed by atoms with Gasteiger partial charge >= 0.3 is 0 Å². The number of thioether (sulfide) groups is 1. The number of nitrogens with zero attached hydrogens (tertiary/aromatic N) is 1.